The molecule has 2 heterocycles. The van der Waals surface area contributed by atoms with Gasteiger partial charge in [-0.2, -0.15) is 0 Å². The SMILES string of the molecule is C=C=NC1CC(C)(C)CC(C)(Cn2c(=O)n(CC3(C)CC(N=C=O)CC(C)(C)C3)c(=O)n(CC3(C)CC(N=C=O)CC(C)(C)C3)c2=O)C1.C=C=NCCCCCCn1c(=O)n(CCCCCCN=C=O)c(=O)n(CCCCCCN=C=O)c1=O. The second kappa shape index (κ2) is 31.9. The molecular weight excluding hydrogens is 1070 g/mol. The Labute approximate surface area is 493 Å². The summed E-state index contributed by atoms with van der Waals surface area (Å²) in [5, 5.41) is 0. The van der Waals surface area contributed by atoms with Crippen LogP contribution in [0.2, 0.25) is 0 Å². The number of rotatable bonds is 30. The molecule has 3 saturated carbocycles. The zero-order valence-electron chi connectivity index (χ0n) is 51.8. The molecule has 462 valence electrons. The third-order valence-corrected chi connectivity index (χ3v) is 16.8. The molecule has 0 N–H and O–H groups in total. The van der Waals surface area contributed by atoms with Crippen LogP contribution in [0, 0.1) is 32.5 Å². The van der Waals surface area contributed by atoms with E-state index in [1.165, 1.54) is 39.6 Å². The van der Waals surface area contributed by atoms with Crippen LogP contribution < -0.4 is 34.1 Å². The zero-order valence-corrected chi connectivity index (χ0v) is 51.8. The summed E-state index contributed by atoms with van der Waals surface area (Å²) >= 11 is 0. The number of hydrogen-bond acceptors (Lipinski definition) is 16. The second-order valence-corrected chi connectivity index (χ2v) is 27.5. The van der Waals surface area contributed by atoms with E-state index in [9.17, 15) is 47.9 Å². The van der Waals surface area contributed by atoms with Crippen LogP contribution in [-0.4, -0.2) is 101 Å². The number of isocyanates is 4. The van der Waals surface area contributed by atoms with Crippen molar-refractivity contribution < 1.29 is 19.2 Å². The molecule has 5 rings (SSSR count). The fourth-order valence-electron chi connectivity index (χ4n) is 14.8. The average Bonchev–Trinajstić information content (AvgIpc) is 1.22. The predicted molar refractivity (Wildman–Crippen MR) is 326 cm³/mol. The molecule has 84 heavy (non-hydrogen) atoms. The lowest BCUT2D eigenvalue weighted by molar-refractivity contribution is 0.0519. The van der Waals surface area contributed by atoms with Gasteiger partial charge in [-0.1, -0.05) is 101 Å². The van der Waals surface area contributed by atoms with Crippen molar-refractivity contribution in [1.82, 2.24) is 27.4 Å². The fourth-order valence-corrected chi connectivity index (χ4v) is 14.8. The van der Waals surface area contributed by atoms with E-state index in [0.29, 0.717) is 83.8 Å². The molecule has 0 radical (unpaired) electrons. The van der Waals surface area contributed by atoms with Gasteiger partial charge in [0.05, 0.1) is 31.2 Å². The van der Waals surface area contributed by atoms with Crippen LogP contribution in [0.5, 0.6) is 0 Å². The number of aromatic nitrogens is 6. The molecule has 22 heteroatoms. The number of aliphatic imine (C=N–C) groups is 6. The van der Waals surface area contributed by atoms with Gasteiger partial charge in [0.2, 0.25) is 24.3 Å². The van der Waals surface area contributed by atoms with Gasteiger partial charge in [0, 0.05) is 45.8 Å². The largest absolute Gasteiger partial charge is 0.336 e. The van der Waals surface area contributed by atoms with Crippen molar-refractivity contribution in [3.05, 3.63) is 76.1 Å². The summed E-state index contributed by atoms with van der Waals surface area (Å²) in [4.78, 5) is 149. The van der Waals surface area contributed by atoms with E-state index in [-0.39, 0.29) is 73.6 Å². The number of nitrogens with zero attached hydrogens (tertiary/aromatic N) is 12. The highest BCUT2D eigenvalue weighted by atomic mass is 16.2. The van der Waals surface area contributed by atoms with Gasteiger partial charge in [-0.3, -0.25) is 0 Å². The Hall–Kier alpha value is -6.76. The van der Waals surface area contributed by atoms with E-state index >= 15 is 0 Å². The molecule has 6 unspecified atom stereocenters. The highest BCUT2D eigenvalue weighted by Gasteiger charge is 2.46. The smallest absolute Gasteiger partial charge is 0.247 e. The molecule has 0 amide bonds. The predicted octanol–water partition coefficient (Wildman–Crippen LogP) is 7.83. The molecule has 0 spiro atoms. The van der Waals surface area contributed by atoms with Gasteiger partial charge in [0.15, 0.2) is 0 Å². The normalized spacial score (nSPS) is 23.8. The monoisotopic (exact) mass is 1170 g/mol. The Morgan fingerprint density at radius 2 is 0.631 bits per heavy atom. The summed E-state index contributed by atoms with van der Waals surface area (Å²) in [6.45, 7) is 28.6. The molecule has 2 aromatic heterocycles. The summed E-state index contributed by atoms with van der Waals surface area (Å²) in [5.41, 5.74) is -5.59. The van der Waals surface area contributed by atoms with Crippen molar-refractivity contribution in [2.45, 2.75) is 255 Å². The topological polar surface area (TPSA) is 274 Å². The van der Waals surface area contributed by atoms with Gasteiger partial charge in [0.25, 0.3) is 0 Å². The maximum Gasteiger partial charge on any atom is 0.336 e. The van der Waals surface area contributed by atoms with E-state index in [0.717, 1.165) is 70.6 Å². The molecule has 3 aliphatic rings. The van der Waals surface area contributed by atoms with Gasteiger partial charge in [0.1, 0.15) is 0 Å². The maximum absolute atomic E-state index is 14.5. The standard InChI is InChI=1S/C37H56N6O5.C25H38N6O5/c1-11-38-26-12-32(2,3)18-35(8,15-26)21-41-29(46)42(22-36(9)16-27(39-24-44)13-33(4,5)19-36)31(48)43(30(41)47)23-37(10)17-28(40-25-45)14-34(6,7)20-37;1-2-26-15-9-3-6-12-18-29-23(34)30(19-13-7-4-10-16-27-21-32)25(36)31(24(29)35)20-14-8-5-11-17-28-22-33/h26-28H,1,12-23H2,2-10H3;1,3-20H2. The number of unbranched alkanes of at least 4 members (excludes halogenated alkanes) is 9. The van der Waals surface area contributed by atoms with Gasteiger partial charge in [-0.05, 0) is 154 Å². The minimum absolute atomic E-state index is 0.0440. The first-order valence-corrected chi connectivity index (χ1v) is 30.1. The summed E-state index contributed by atoms with van der Waals surface area (Å²) < 4.78 is 7.29. The van der Waals surface area contributed by atoms with E-state index in [4.69, 9.17) is 0 Å². The Balaban J connectivity index is 0.000000377. The summed E-state index contributed by atoms with van der Waals surface area (Å²) in [6, 6.07) is -0.591. The van der Waals surface area contributed by atoms with E-state index < -0.39 is 50.4 Å². The van der Waals surface area contributed by atoms with Crippen molar-refractivity contribution in [1.29, 1.82) is 0 Å². The second-order valence-electron chi connectivity index (χ2n) is 27.5. The number of carbonyl (C=O) groups excluding carboxylic acids is 4. The minimum Gasteiger partial charge on any atom is -0.247 e. The highest BCUT2D eigenvalue weighted by molar-refractivity contribution is 5.47. The molecule has 2 aromatic rings. The average molecular weight is 1170 g/mol. The first-order valence-electron chi connectivity index (χ1n) is 30.1. The summed E-state index contributed by atoms with van der Waals surface area (Å²) in [7, 11) is 0. The van der Waals surface area contributed by atoms with Crippen LogP contribution in [0.15, 0.2) is 71.9 Å². The quantitative estimate of drug-likeness (QED) is 0.0415. The lowest BCUT2D eigenvalue weighted by Gasteiger charge is -2.46. The maximum atomic E-state index is 14.5. The van der Waals surface area contributed by atoms with Crippen molar-refractivity contribution in [2.24, 2.45) is 62.4 Å². The fraction of sp³-hybridized carbons (Fsp3) is 0.774. The van der Waals surface area contributed by atoms with Crippen LogP contribution in [0.4, 0.5) is 0 Å². The van der Waals surface area contributed by atoms with E-state index in [2.05, 4.69) is 103 Å². The zero-order chi connectivity index (χ0) is 62.4. The molecule has 0 bridgehead atoms. The van der Waals surface area contributed by atoms with Crippen LogP contribution in [-0.2, 0) is 58.4 Å². The number of hydrogen-bond donors (Lipinski definition) is 0. The first-order chi connectivity index (χ1) is 39.6. The van der Waals surface area contributed by atoms with Crippen LogP contribution >= 0.6 is 0 Å². The third kappa shape index (κ3) is 21.1. The van der Waals surface area contributed by atoms with Crippen LogP contribution in [0.3, 0.4) is 0 Å². The first kappa shape index (κ1) is 69.7. The Bertz CT molecular complexity index is 2850. The van der Waals surface area contributed by atoms with E-state index in [1.807, 2.05) is 13.8 Å². The highest BCUT2D eigenvalue weighted by Crippen LogP contribution is 2.50. The van der Waals surface area contributed by atoms with Crippen LogP contribution in [0.25, 0.3) is 0 Å². The van der Waals surface area contributed by atoms with Crippen molar-refractivity contribution in [2.75, 3.05) is 19.6 Å². The molecule has 0 aliphatic heterocycles. The van der Waals surface area contributed by atoms with Gasteiger partial charge in [-0.25, -0.2) is 105 Å². The van der Waals surface area contributed by atoms with Crippen LogP contribution in [0.1, 0.15) is 197 Å². The summed E-state index contributed by atoms with van der Waals surface area (Å²) in [6.07, 6.45) is 21.7. The molecule has 3 fully saturated rings. The van der Waals surface area contributed by atoms with Gasteiger partial charge >= 0.3 is 34.1 Å². The molecular formula is C62H94N12O10. The lowest BCUT2D eigenvalue weighted by Crippen LogP contribution is -2.59. The van der Waals surface area contributed by atoms with E-state index in [1.54, 1.807) is 12.2 Å². The Kier molecular flexibility index (Phi) is 26.5. The molecule has 0 aromatic carbocycles. The molecule has 3 aliphatic carbocycles. The van der Waals surface area contributed by atoms with Crippen molar-refractivity contribution >= 4 is 36.1 Å². The lowest BCUT2D eigenvalue weighted by atomic mass is 9.62. The van der Waals surface area contributed by atoms with Gasteiger partial charge < -0.3 is 0 Å². The third-order valence-electron chi connectivity index (χ3n) is 16.8. The van der Waals surface area contributed by atoms with Crippen molar-refractivity contribution in [3.8, 4) is 0 Å². The summed E-state index contributed by atoms with van der Waals surface area (Å²) in [5.74, 6) is 5.19. The Morgan fingerprint density at radius 3 is 0.905 bits per heavy atom. The molecule has 0 saturated heterocycles. The van der Waals surface area contributed by atoms with Crippen molar-refractivity contribution in [3.63, 3.8) is 0 Å². The Morgan fingerprint density at radius 1 is 0.357 bits per heavy atom. The van der Waals surface area contributed by atoms with Gasteiger partial charge in [-0.15, -0.1) is 0 Å². The molecule has 6 atom stereocenters. The molecule has 22 nitrogen and oxygen atoms in total. The minimum atomic E-state index is -0.635.